The molecule has 0 saturated heterocycles. The maximum absolute atomic E-state index is 8.53. The molecule has 0 unspecified atom stereocenters. The number of aromatic amines is 2. The standard InChI is InChI=1S/C20H14N4.BHO3.Zn/c1-2-14-10-16-5-6-18(23-16)12-20-8-7-19(24-20)11-17-4-3-15(22-17)9-13(1)21-14;2-1(3)4;/h1-12,21-22H;2H;/q;-2;+2. The molecule has 0 amide bonds. The fraction of sp³-hybridized carbons (Fsp3) is 0. The van der Waals surface area contributed by atoms with E-state index >= 15 is 0 Å². The Morgan fingerprint density at radius 2 is 0.931 bits per heavy atom. The molecule has 0 spiro atoms. The molecule has 0 aromatic carbocycles. The van der Waals surface area contributed by atoms with E-state index in [9.17, 15) is 0 Å². The molecular weight excluding hydrogens is 420 g/mol. The normalized spacial score (nSPS) is 11.4. The van der Waals surface area contributed by atoms with Crippen LogP contribution in [0.2, 0.25) is 0 Å². The molecule has 0 radical (unpaired) electrons. The third-order valence-corrected chi connectivity index (χ3v) is 4.04. The molecule has 7 nitrogen and oxygen atoms in total. The predicted molar refractivity (Wildman–Crippen MR) is 107 cm³/mol. The quantitative estimate of drug-likeness (QED) is 0.317. The zero-order valence-corrected chi connectivity index (χ0v) is 18.3. The van der Waals surface area contributed by atoms with Gasteiger partial charge in [-0.25, -0.2) is 9.97 Å². The molecule has 5 heterocycles. The van der Waals surface area contributed by atoms with Crippen molar-refractivity contribution in [1.29, 1.82) is 0 Å². The van der Waals surface area contributed by atoms with Crippen LogP contribution in [0.3, 0.4) is 0 Å². The third-order valence-electron chi connectivity index (χ3n) is 4.04. The number of aromatic nitrogens is 4. The monoisotopic (exact) mass is 434 g/mol. The Kier molecular flexibility index (Phi) is 6.56. The van der Waals surface area contributed by atoms with Gasteiger partial charge in [-0.15, -0.1) is 0 Å². The first-order chi connectivity index (χ1) is 13.5. The van der Waals surface area contributed by atoms with Crippen LogP contribution in [0.15, 0.2) is 48.5 Å². The maximum atomic E-state index is 8.53. The van der Waals surface area contributed by atoms with Gasteiger partial charge in [-0.1, -0.05) is 0 Å². The molecule has 5 rings (SSSR count). The number of rotatable bonds is 0. The average molecular weight is 436 g/mol. The van der Waals surface area contributed by atoms with Crippen LogP contribution in [0.5, 0.6) is 0 Å². The van der Waals surface area contributed by atoms with Crippen LogP contribution in [-0.2, 0) is 19.5 Å². The van der Waals surface area contributed by atoms with E-state index in [0.29, 0.717) is 0 Å². The summed E-state index contributed by atoms with van der Waals surface area (Å²) in [5.74, 6) is 0. The molecule has 138 valence electrons. The van der Waals surface area contributed by atoms with E-state index in [1.807, 2.05) is 42.5 Å². The van der Waals surface area contributed by atoms with Gasteiger partial charge in [0.05, 0.1) is 30.1 Å². The molecule has 0 atom stereocenters. The van der Waals surface area contributed by atoms with E-state index in [1.54, 1.807) is 0 Å². The topological polar surface area (TPSA) is 124 Å². The molecule has 3 aromatic rings. The molecule has 2 aliphatic rings. The van der Waals surface area contributed by atoms with Crippen LogP contribution in [0.4, 0.5) is 0 Å². The van der Waals surface area contributed by atoms with E-state index in [-0.39, 0.29) is 19.5 Å². The van der Waals surface area contributed by atoms with Crippen molar-refractivity contribution in [2.75, 3.05) is 0 Å². The molecule has 3 N–H and O–H groups in total. The van der Waals surface area contributed by atoms with Crippen LogP contribution in [-0.4, -0.2) is 32.3 Å². The van der Waals surface area contributed by atoms with E-state index in [2.05, 4.69) is 50.3 Å². The molecule has 3 aromatic heterocycles. The van der Waals surface area contributed by atoms with Gasteiger partial charge in [0.15, 0.2) is 0 Å². The van der Waals surface area contributed by atoms with Crippen LogP contribution >= 0.6 is 0 Å². The average Bonchev–Trinajstić information content (AvgIpc) is 3.39. The van der Waals surface area contributed by atoms with Gasteiger partial charge in [-0.2, -0.15) is 0 Å². The Balaban J connectivity index is 0.000000443. The van der Waals surface area contributed by atoms with Crippen molar-refractivity contribution in [3.05, 3.63) is 71.3 Å². The van der Waals surface area contributed by atoms with Gasteiger partial charge >= 0.3 is 19.5 Å². The minimum Gasteiger partial charge on any atom is -0.871 e. The summed E-state index contributed by atoms with van der Waals surface area (Å²) in [7, 11) is -2.67. The van der Waals surface area contributed by atoms with Crippen molar-refractivity contribution in [1.82, 2.24) is 19.9 Å². The Morgan fingerprint density at radius 1 is 0.621 bits per heavy atom. The van der Waals surface area contributed by atoms with Crippen LogP contribution < -0.4 is 10.0 Å². The van der Waals surface area contributed by atoms with E-state index in [1.165, 1.54) is 0 Å². The largest absolute Gasteiger partial charge is 2.00 e. The molecular formula is C20H15BN4O3Zn. The fourth-order valence-corrected chi connectivity index (χ4v) is 2.94. The van der Waals surface area contributed by atoms with E-state index in [4.69, 9.17) is 15.1 Å². The van der Waals surface area contributed by atoms with E-state index in [0.717, 1.165) is 44.8 Å². The molecule has 9 heteroatoms. The molecule has 29 heavy (non-hydrogen) atoms. The zero-order chi connectivity index (χ0) is 19.5. The zero-order valence-electron chi connectivity index (χ0n) is 15.4. The second kappa shape index (κ2) is 9.11. The number of hydrogen-bond acceptors (Lipinski definition) is 5. The number of H-pyrrole nitrogens is 2. The van der Waals surface area contributed by atoms with Crippen LogP contribution in [0, 0.1) is 0 Å². The van der Waals surface area contributed by atoms with Crippen molar-refractivity contribution in [2.45, 2.75) is 0 Å². The van der Waals surface area contributed by atoms with Crippen molar-refractivity contribution < 1.29 is 34.6 Å². The minimum absolute atomic E-state index is 0. The number of nitrogens with one attached hydrogen (secondary N) is 2. The van der Waals surface area contributed by atoms with Gasteiger partial charge in [0.2, 0.25) is 0 Å². The molecule has 8 bridgehead atoms. The maximum Gasteiger partial charge on any atom is 2.00 e. The van der Waals surface area contributed by atoms with E-state index < -0.39 is 7.32 Å². The summed E-state index contributed by atoms with van der Waals surface area (Å²) < 4.78 is 0. The first-order valence-corrected chi connectivity index (χ1v) is 8.58. The van der Waals surface area contributed by atoms with Crippen LogP contribution in [0.25, 0.3) is 46.4 Å². The van der Waals surface area contributed by atoms with Gasteiger partial charge < -0.3 is 25.0 Å². The first-order valence-electron chi connectivity index (χ1n) is 8.58. The SMILES string of the molecule is C1=Cc2cc3ccc(cc4ccc(cc5nc(cc1n2)C=C5)[nH]4)[nH]3.[O-]B([O-])O.[Zn+2]. The van der Waals surface area contributed by atoms with Gasteiger partial charge in [0.1, 0.15) is 0 Å². The summed E-state index contributed by atoms with van der Waals surface area (Å²) in [6.45, 7) is 0. The summed E-state index contributed by atoms with van der Waals surface area (Å²) in [4.78, 5) is 16.0. The Labute approximate surface area is 179 Å². The second-order valence-corrected chi connectivity index (χ2v) is 6.21. The molecule has 0 saturated carbocycles. The van der Waals surface area contributed by atoms with Gasteiger partial charge in [0, 0.05) is 22.1 Å². The van der Waals surface area contributed by atoms with Crippen molar-refractivity contribution in [2.24, 2.45) is 0 Å². The number of hydrogen-bond donors (Lipinski definition) is 3. The smallest absolute Gasteiger partial charge is 0.871 e. The predicted octanol–water partition coefficient (Wildman–Crippen LogP) is 1.34. The van der Waals surface area contributed by atoms with Crippen molar-refractivity contribution in [3.8, 4) is 0 Å². The molecule has 0 aliphatic carbocycles. The Bertz CT molecular complexity index is 1140. The first kappa shape index (κ1) is 20.9. The second-order valence-electron chi connectivity index (χ2n) is 6.21. The van der Waals surface area contributed by atoms with Crippen molar-refractivity contribution in [3.63, 3.8) is 0 Å². The van der Waals surface area contributed by atoms with Crippen molar-refractivity contribution >= 4 is 53.7 Å². The number of fused-ring (bicyclic) bond motifs is 8. The Morgan fingerprint density at radius 3 is 1.31 bits per heavy atom. The summed E-state index contributed by atoms with van der Waals surface area (Å²) in [6, 6.07) is 16.4. The fourth-order valence-electron chi connectivity index (χ4n) is 2.94. The minimum atomic E-state index is -2.67. The summed E-state index contributed by atoms with van der Waals surface area (Å²) >= 11 is 0. The van der Waals surface area contributed by atoms with Crippen LogP contribution in [0.1, 0.15) is 22.8 Å². The van der Waals surface area contributed by atoms with Gasteiger partial charge in [-0.3, -0.25) is 0 Å². The summed E-state index contributed by atoms with van der Waals surface area (Å²) in [5.41, 5.74) is 7.86. The summed E-state index contributed by atoms with van der Waals surface area (Å²) in [6.07, 6.45) is 8.05. The molecule has 2 aliphatic heterocycles. The number of nitrogens with zero attached hydrogens (tertiary/aromatic N) is 2. The molecule has 0 fully saturated rings. The Hall–Kier alpha value is -2.83. The van der Waals surface area contributed by atoms with Gasteiger partial charge in [0.25, 0.3) is 0 Å². The van der Waals surface area contributed by atoms with Gasteiger partial charge in [-0.05, 0) is 72.8 Å². The summed E-state index contributed by atoms with van der Waals surface area (Å²) in [5, 5.41) is 24.0. The third kappa shape index (κ3) is 5.59.